The molecule has 0 aromatic heterocycles. The number of piperidine rings is 1. The van der Waals surface area contributed by atoms with Crippen LogP contribution in [-0.2, 0) is 0 Å². The van der Waals surface area contributed by atoms with Crippen molar-refractivity contribution in [2.45, 2.75) is 52.1 Å². The minimum Gasteiger partial charge on any atom is -0.395 e. The highest BCUT2D eigenvalue weighted by Gasteiger charge is 2.22. The maximum absolute atomic E-state index is 9.22. The highest BCUT2D eigenvalue weighted by atomic mass is 16.3. The Bertz CT molecular complexity index is 187. The summed E-state index contributed by atoms with van der Waals surface area (Å²) >= 11 is 0. The normalized spacial score (nSPS) is 29.2. The fraction of sp³-hybridized carbons (Fsp3) is 1.00. The quantitative estimate of drug-likeness (QED) is 0.722. The summed E-state index contributed by atoms with van der Waals surface area (Å²) in [4.78, 5) is 2.58. The van der Waals surface area contributed by atoms with Crippen molar-refractivity contribution in [2.75, 3.05) is 26.2 Å². The predicted octanol–water partition coefficient (Wildman–Crippen LogP) is 1.47. The van der Waals surface area contributed by atoms with Crippen LogP contribution in [0.5, 0.6) is 0 Å². The second-order valence-corrected chi connectivity index (χ2v) is 5.25. The van der Waals surface area contributed by atoms with Gasteiger partial charge in [0.15, 0.2) is 0 Å². The number of rotatable bonds is 6. The summed E-state index contributed by atoms with van der Waals surface area (Å²) in [6.45, 7) is 10.3. The van der Waals surface area contributed by atoms with Crippen molar-refractivity contribution in [1.29, 1.82) is 0 Å². The molecule has 0 amide bonds. The summed E-state index contributed by atoms with van der Waals surface area (Å²) in [5, 5.41) is 12.5. The van der Waals surface area contributed by atoms with E-state index in [1.807, 2.05) is 0 Å². The number of aliphatic hydroxyl groups excluding tert-OH is 1. The van der Waals surface area contributed by atoms with Crippen molar-refractivity contribution in [3.05, 3.63) is 0 Å². The lowest BCUT2D eigenvalue weighted by molar-refractivity contribution is 0.113. The van der Waals surface area contributed by atoms with Crippen LogP contribution in [0.4, 0.5) is 0 Å². The molecule has 0 aromatic carbocycles. The van der Waals surface area contributed by atoms with E-state index in [-0.39, 0.29) is 12.6 Å². The molecule has 0 spiro atoms. The van der Waals surface area contributed by atoms with Gasteiger partial charge in [-0.3, -0.25) is 0 Å². The third-order valence-electron chi connectivity index (χ3n) is 3.72. The van der Waals surface area contributed by atoms with Gasteiger partial charge in [0.25, 0.3) is 0 Å². The van der Waals surface area contributed by atoms with Crippen LogP contribution in [-0.4, -0.2) is 48.3 Å². The van der Waals surface area contributed by atoms with Crippen LogP contribution in [0.25, 0.3) is 0 Å². The first kappa shape index (κ1) is 13.9. The second-order valence-electron chi connectivity index (χ2n) is 5.25. The lowest BCUT2D eigenvalue weighted by Crippen LogP contribution is -2.44. The van der Waals surface area contributed by atoms with Crippen molar-refractivity contribution in [2.24, 2.45) is 5.92 Å². The van der Waals surface area contributed by atoms with E-state index in [0.717, 1.165) is 31.5 Å². The van der Waals surface area contributed by atoms with Crippen LogP contribution >= 0.6 is 0 Å². The SMILES string of the molecule is CCNC(CO)CCN1CC(C)CCC1C. The second kappa shape index (κ2) is 7.25. The van der Waals surface area contributed by atoms with Crippen molar-refractivity contribution < 1.29 is 5.11 Å². The Morgan fingerprint density at radius 2 is 2.12 bits per heavy atom. The van der Waals surface area contributed by atoms with Gasteiger partial charge in [0.1, 0.15) is 0 Å². The van der Waals surface area contributed by atoms with E-state index in [1.165, 1.54) is 19.4 Å². The average Bonchev–Trinajstić information content (AvgIpc) is 2.28. The van der Waals surface area contributed by atoms with Crippen LogP contribution in [0.1, 0.15) is 40.0 Å². The van der Waals surface area contributed by atoms with Gasteiger partial charge in [-0.2, -0.15) is 0 Å². The molecule has 16 heavy (non-hydrogen) atoms. The van der Waals surface area contributed by atoms with E-state index in [0.29, 0.717) is 0 Å². The Balaban J connectivity index is 2.28. The zero-order valence-electron chi connectivity index (χ0n) is 11.1. The molecule has 0 aliphatic carbocycles. The Morgan fingerprint density at radius 1 is 1.38 bits per heavy atom. The first-order chi connectivity index (χ1) is 7.67. The molecule has 3 unspecified atom stereocenters. The van der Waals surface area contributed by atoms with Crippen LogP contribution < -0.4 is 5.32 Å². The number of hydrogen-bond acceptors (Lipinski definition) is 3. The standard InChI is InChI=1S/C13H28N2O/c1-4-14-13(10-16)7-8-15-9-11(2)5-6-12(15)3/h11-14,16H,4-10H2,1-3H3. The molecule has 0 aromatic rings. The van der Waals surface area contributed by atoms with Crippen molar-refractivity contribution >= 4 is 0 Å². The third-order valence-corrected chi connectivity index (χ3v) is 3.72. The van der Waals surface area contributed by atoms with Crippen molar-refractivity contribution in [1.82, 2.24) is 10.2 Å². The molecule has 3 atom stereocenters. The van der Waals surface area contributed by atoms with E-state index in [9.17, 15) is 5.11 Å². The summed E-state index contributed by atoms with van der Waals surface area (Å²) < 4.78 is 0. The van der Waals surface area contributed by atoms with Gasteiger partial charge in [0, 0.05) is 18.6 Å². The van der Waals surface area contributed by atoms with Gasteiger partial charge in [0.2, 0.25) is 0 Å². The van der Waals surface area contributed by atoms with Gasteiger partial charge in [-0.1, -0.05) is 13.8 Å². The van der Waals surface area contributed by atoms with E-state index in [2.05, 4.69) is 31.0 Å². The zero-order chi connectivity index (χ0) is 12.0. The average molecular weight is 228 g/mol. The molecule has 1 heterocycles. The first-order valence-electron chi connectivity index (χ1n) is 6.75. The van der Waals surface area contributed by atoms with Crippen LogP contribution in [0.2, 0.25) is 0 Å². The molecule has 1 rings (SSSR count). The summed E-state index contributed by atoms with van der Waals surface area (Å²) in [7, 11) is 0. The van der Waals surface area contributed by atoms with Crippen molar-refractivity contribution in [3.63, 3.8) is 0 Å². The third kappa shape index (κ3) is 4.40. The molecule has 0 radical (unpaired) electrons. The molecule has 2 N–H and O–H groups in total. The number of aliphatic hydroxyl groups is 1. The molecule has 0 bridgehead atoms. The molecule has 96 valence electrons. The molecular formula is C13H28N2O. The number of nitrogens with one attached hydrogen (secondary N) is 1. The maximum Gasteiger partial charge on any atom is 0.0585 e. The lowest BCUT2D eigenvalue weighted by atomic mass is 9.94. The number of likely N-dealkylation sites (N-methyl/N-ethyl adjacent to an activating group) is 1. The predicted molar refractivity (Wildman–Crippen MR) is 68.6 cm³/mol. The summed E-state index contributed by atoms with van der Waals surface area (Å²) in [6, 6.07) is 0.992. The molecule has 1 fully saturated rings. The highest BCUT2D eigenvalue weighted by Crippen LogP contribution is 2.21. The van der Waals surface area contributed by atoms with E-state index >= 15 is 0 Å². The summed E-state index contributed by atoms with van der Waals surface area (Å²) in [5.74, 6) is 0.836. The van der Waals surface area contributed by atoms with Crippen LogP contribution in [0, 0.1) is 5.92 Å². The summed E-state index contributed by atoms with van der Waals surface area (Å²) in [5.41, 5.74) is 0. The van der Waals surface area contributed by atoms with Crippen LogP contribution in [0.15, 0.2) is 0 Å². The lowest BCUT2D eigenvalue weighted by Gasteiger charge is -2.37. The minimum absolute atomic E-state index is 0.256. The topological polar surface area (TPSA) is 35.5 Å². The van der Waals surface area contributed by atoms with E-state index in [1.54, 1.807) is 0 Å². The first-order valence-corrected chi connectivity index (χ1v) is 6.75. The maximum atomic E-state index is 9.22. The molecule has 1 aliphatic rings. The fourth-order valence-corrected chi connectivity index (χ4v) is 2.56. The van der Waals surface area contributed by atoms with Crippen molar-refractivity contribution in [3.8, 4) is 0 Å². The Morgan fingerprint density at radius 3 is 2.75 bits per heavy atom. The monoisotopic (exact) mass is 228 g/mol. The smallest absolute Gasteiger partial charge is 0.0585 e. The minimum atomic E-state index is 0.256. The Kier molecular flexibility index (Phi) is 6.32. The van der Waals surface area contributed by atoms with Gasteiger partial charge >= 0.3 is 0 Å². The molecule has 3 nitrogen and oxygen atoms in total. The molecule has 1 saturated heterocycles. The van der Waals surface area contributed by atoms with E-state index < -0.39 is 0 Å². The molecular weight excluding hydrogens is 200 g/mol. The highest BCUT2D eigenvalue weighted by molar-refractivity contribution is 4.78. The number of nitrogens with zero attached hydrogens (tertiary/aromatic N) is 1. The Hall–Kier alpha value is -0.120. The molecule has 1 aliphatic heterocycles. The number of hydrogen-bond donors (Lipinski definition) is 2. The molecule has 3 heteroatoms. The van der Waals surface area contributed by atoms with Gasteiger partial charge in [-0.05, 0) is 45.2 Å². The van der Waals surface area contributed by atoms with Crippen LogP contribution in [0.3, 0.4) is 0 Å². The van der Waals surface area contributed by atoms with Gasteiger partial charge < -0.3 is 15.3 Å². The van der Waals surface area contributed by atoms with Gasteiger partial charge in [0.05, 0.1) is 6.61 Å². The number of likely N-dealkylation sites (tertiary alicyclic amines) is 1. The van der Waals surface area contributed by atoms with Gasteiger partial charge in [-0.25, -0.2) is 0 Å². The van der Waals surface area contributed by atoms with Gasteiger partial charge in [-0.15, -0.1) is 0 Å². The Labute approximate surface area is 100 Å². The molecule has 0 saturated carbocycles. The zero-order valence-corrected chi connectivity index (χ0v) is 11.1. The van der Waals surface area contributed by atoms with E-state index in [4.69, 9.17) is 0 Å². The fourth-order valence-electron chi connectivity index (χ4n) is 2.56. The summed E-state index contributed by atoms with van der Waals surface area (Å²) in [6.07, 6.45) is 3.75. The largest absolute Gasteiger partial charge is 0.395 e.